The van der Waals surface area contributed by atoms with Gasteiger partial charge in [0.15, 0.2) is 0 Å². The van der Waals surface area contributed by atoms with E-state index in [1.54, 1.807) is 14.1 Å². The molecular formula is C12H13FN2O2S. The van der Waals surface area contributed by atoms with Crippen LogP contribution in [0.2, 0.25) is 0 Å². The van der Waals surface area contributed by atoms with Crippen molar-refractivity contribution in [1.82, 2.24) is 4.90 Å². The van der Waals surface area contributed by atoms with Gasteiger partial charge in [-0.15, -0.1) is 0 Å². The highest BCUT2D eigenvalue weighted by Crippen LogP contribution is 2.12. The SMILES string of the molecule is CN(C)C(=O)CS(=O)Cc1cc(C#N)ccc1F. The van der Waals surface area contributed by atoms with Crippen LogP contribution < -0.4 is 0 Å². The molecule has 1 unspecified atom stereocenters. The Labute approximate surface area is 107 Å². The second kappa shape index (κ2) is 6.26. The summed E-state index contributed by atoms with van der Waals surface area (Å²) < 4.78 is 25.1. The lowest BCUT2D eigenvalue weighted by Crippen LogP contribution is -2.27. The molecule has 1 aromatic rings. The predicted octanol–water partition coefficient (Wildman–Crippen LogP) is 1.03. The molecule has 4 nitrogen and oxygen atoms in total. The Hall–Kier alpha value is -1.74. The van der Waals surface area contributed by atoms with Crippen LogP contribution >= 0.6 is 0 Å². The highest BCUT2D eigenvalue weighted by molar-refractivity contribution is 7.84. The summed E-state index contributed by atoms with van der Waals surface area (Å²) in [5.74, 6) is -1.01. The summed E-state index contributed by atoms with van der Waals surface area (Å²) in [6, 6.07) is 5.76. The molecule has 1 rings (SSSR count). The second-order valence-electron chi connectivity index (χ2n) is 3.93. The molecule has 1 atom stereocenters. The topological polar surface area (TPSA) is 61.2 Å². The fraction of sp³-hybridized carbons (Fsp3) is 0.333. The van der Waals surface area contributed by atoms with E-state index in [1.165, 1.54) is 23.1 Å². The minimum atomic E-state index is -1.48. The minimum absolute atomic E-state index is 0.0685. The molecule has 0 N–H and O–H groups in total. The van der Waals surface area contributed by atoms with E-state index in [2.05, 4.69) is 0 Å². The number of amides is 1. The lowest BCUT2D eigenvalue weighted by molar-refractivity contribution is -0.125. The number of carbonyl (C=O) groups excluding carboxylic acids is 1. The van der Waals surface area contributed by atoms with Crippen molar-refractivity contribution in [2.45, 2.75) is 5.75 Å². The van der Waals surface area contributed by atoms with E-state index in [0.29, 0.717) is 5.56 Å². The summed E-state index contributed by atoms with van der Waals surface area (Å²) in [4.78, 5) is 12.7. The zero-order valence-corrected chi connectivity index (χ0v) is 11.0. The van der Waals surface area contributed by atoms with Crippen LogP contribution in [0.25, 0.3) is 0 Å². The molecule has 0 heterocycles. The van der Waals surface area contributed by atoms with E-state index in [9.17, 15) is 13.4 Å². The van der Waals surface area contributed by atoms with E-state index in [-0.39, 0.29) is 23.0 Å². The number of nitriles is 1. The molecule has 18 heavy (non-hydrogen) atoms. The molecule has 0 saturated carbocycles. The van der Waals surface area contributed by atoms with Gasteiger partial charge in [-0.1, -0.05) is 0 Å². The highest BCUT2D eigenvalue weighted by atomic mass is 32.2. The van der Waals surface area contributed by atoms with Crippen LogP contribution in [0.15, 0.2) is 18.2 Å². The lowest BCUT2D eigenvalue weighted by Gasteiger charge is -2.10. The number of hydrogen-bond acceptors (Lipinski definition) is 3. The smallest absolute Gasteiger partial charge is 0.234 e. The Kier molecular flexibility index (Phi) is 4.98. The first-order chi connectivity index (χ1) is 8.43. The van der Waals surface area contributed by atoms with Crippen LogP contribution in [0, 0.1) is 17.1 Å². The van der Waals surface area contributed by atoms with Crippen molar-refractivity contribution >= 4 is 16.7 Å². The van der Waals surface area contributed by atoms with Gasteiger partial charge in [0.05, 0.1) is 17.4 Å². The van der Waals surface area contributed by atoms with Gasteiger partial charge in [-0.2, -0.15) is 5.26 Å². The zero-order chi connectivity index (χ0) is 13.7. The Bertz CT molecular complexity index is 523. The molecule has 1 amide bonds. The third kappa shape index (κ3) is 3.93. The van der Waals surface area contributed by atoms with E-state index in [1.807, 2.05) is 6.07 Å². The normalized spacial score (nSPS) is 11.7. The van der Waals surface area contributed by atoms with Crippen molar-refractivity contribution in [1.29, 1.82) is 5.26 Å². The van der Waals surface area contributed by atoms with Crippen LogP contribution in [-0.4, -0.2) is 34.9 Å². The average Bonchev–Trinajstić information content (AvgIpc) is 2.31. The molecule has 6 heteroatoms. The van der Waals surface area contributed by atoms with E-state index >= 15 is 0 Å². The maximum Gasteiger partial charge on any atom is 0.234 e. The van der Waals surface area contributed by atoms with E-state index in [4.69, 9.17) is 5.26 Å². The third-order valence-corrected chi connectivity index (χ3v) is 3.48. The number of rotatable bonds is 4. The van der Waals surface area contributed by atoms with Crippen LogP contribution in [0.3, 0.4) is 0 Å². The van der Waals surface area contributed by atoms with Gasteiger partial charge in [0.1, 0.15) is 11.6 Å². The quantitative estimate of drug-likeness (QED) is 0.819. The maximum absolute atomic E-state index is 13.4. The van der Waals surface area contributed by atoms with Crippen LogP contribution in [0.1, 0.15) is 11.1 Å². The summed E-state index contributed by atoms with van der Waals surface area (Å²) in [5, 5.41) is 8.70. The Balaban J connectivity index is 2.76. The van der Waals surface area contributed by atoms with Crippen molar-refractivity contribution < 1.29 is 13.4 Å². The van der Waals surface area contributed by atoms with Gasteiger partial charge >= 0.3 is 0 Å². The minimum Gasteiger partial charge on any atom is -0.348 e. The zero-order valence-electron chi connectivity index (χ0n) is 10.1. The van der Waals surface area contributed by atoms with Gasteiger partial charge in [-0.05, 0) is 18.2 Å². The monoisotopic (exact) mass is 268 g/mol. The molecule has 0 aliphatic rings. The molecule has 0 fully saturated rings. The third-order valence-electron chi connectivity index (χ3n) is 2.27. The first-order valence-corrected chi connectivity index (χ1v) is 6.66. The van der Waals surface area contributed by atoms with E-state index in [0.717, 1.165) is 0 Å². The van der Waals surface area contributed by atoms with Crippen molar-refractivity contribution in [2.75, 3.05) is 19.8 Å². The van der Waals surface area contributed by atoms with Crippen molar-refractivity contribution in [3.05, 3.63) is 35.1 Å². The molecule has 0 aliphatic heterocycles. The summed E-state index contributed by atoms with van der Waals surface area (Å²) in [6.07, 6.45) is 0. The molecule has 0 saturated heterocycles. The first-order valence-electron chi connectivity index (χ1n) is 5.17. The van der Waals surface area contributed by atoms with Gasteiger partial charge in [-0.3, -0.25) is 9.00 Å². The van der Waals surface area contributed by atoms with E-state index < -0.39 is 16.6 Å². The lowest BCUT2D eigenvalue weighted by atomic mass is 10.1. The van der Waals surface area contributed by atoms with Crippen molar-refractivity contribution in [3.63, 3.8) is 0 Å². The summed E-state index contributed by atoms with van der Waals surface area (Å²) in [6.45, 7) is 0. The molecule has 1 aromatic carbocycles. The van der Waals surface area contributed by atoms with Crippen LogP contribution in [-0.2, 0) is 21.3 Å². The van der Waals surface area contributed by atoms with Crippen LogP contribution in [0.4, 0.5) is 4.39 Å². The van der Waals surface area contributed by atoms with Gasteiger partial charge in [0, 0.05) is 30.5 Å². The molecular weight excluding hydrogens is 255 g/mol. The van der Waals surface area contributed by atoms with Gasteiger partial charge in [0.25, 0.3) is 0 Å². The number of benzene rings is 1. The molecule has 96 valence electrons. The molecule has 0 radical (unpaired) electrons. The Morgan fingerprint density at radius 1 is 1.50 bits per heavy atom. The van der Waals surface area contributed by atoms with Crippen molar-refractivity contribution in [2.24, 2.45) is 0 Å². The first kappa shape index (κ1) is 14.3. The second-order valence-corrected chi connectivity index (χ2v) is 5.39. The van der Waals surface area contributed by atoms with Gasteiger partial charge < -0.3 is 4.90 Å². The Morgan fingerprint density at radius 2 is 2.17 bits per heavy atom. The van der Waals surface area contributed by atoms with Gasteiger partial charge in [0.2, 0.25) is 5.91 Å². The number of halogens is 1. The largest absolute Gasteiger partial charge is 0.348 e. The summed E-state index contributed by atoms with van der Waals surface area (Å²) in [7, 11) is 1.65. The number of nitrogens with zero attached hydrogens (tertiary/aromatic N) is 2. The fourth-order valence-corrected chi connectivity index (χ4v) is 2.45. The maximum atomic E-state index is 13.4. The van der Waals surface area contributed by atoms with Crippen LogP contribution in [0.5, 0.6) is 0 Å². The van der Waals surface area contributed by atoms with Crippen molar-refractivity contribution in [3.8, 4) is 6.07 Å². The fourth-order valence-electron chi connectivity index (χ4n) is 1.25. The average molecular weight is 268 g/mol. The van der Waals surface area contributed by atoms with Gasteiger partial charge in [-0.25, -0.2) is 4.39 Å². The molecule has 0 aliphatic carbocycles. The molecule has 0 spiro atoms. The molecule has 0 bridgehead atoms. The standard InChI is InChI=1S/C12H13FN2O2S/c1-15(2)12(16)8-18(17)7-10-5-9(6-14)3-4-11(10)13/h3-5H,7-8H2,1-2H3. The highest BCUT2D eigenvalue weighted by Gasteiger charge is 2.13. The Morgan fingerprint density at radius 3 is 2.72 bits per heavy atom. The molecule has 0 aromatic heterocycles. The number of hydrogen-bond donors (Lipinski definition) is 0. The summed E-state index contributed by atoms with van der Waals surface area (Å²) >= 11 is 0. The summed E-state index contributed by atoms with van der Waals surface area (Å²) in [5.41, 5.74) is 0.501. The number of carbonyl (C=O) groups is 1. The predicted molar refractivity (Wildman–Crippen MR) is 66.5 cm³/mol.